The first-order valence-electron chi connectivity index (χ1n) is 3.05. The average molecular weight is 127 g/mol. The molecule has 2 heteroatoms. The highest BCUT2D eigenvalue weighted by Crippen LogP contribution is 2.04. The third-order valence-electron chi connectivity index (χ3n) is 1.53. The van der Waals surface area contributed by atoms with Crippen LogP contribution in [0.3, 0.4) is 0 Å². The first-order chi connectivity index (χ1) is 4.25. The van der Waals surface area contributed by atoms with Crippen molar-refractivity contribution < 1.29 is 4.39 Å². The van der Waals surface area contributed by atoms with E-state index in [0.29, 0.717) is 0 Å². The third kappa shape index (κ3) is 0.969. The van der Waals surface area contributed by atoms with Gasteiger partial charge in [0.1, 0.15) is 0 Å². The molecule has 0 radical (unpaired) electrons. The Hall–Kier alpha value is -0.790. The van der Waals surface area contributed by atoms with E-state index in [1.807, 2.05) is 6.92 Å². The molecule has 0 fully saturated rings. The highest BCUT2D eigenvalue weighted by atomic mass is 19.1. The Kier molecular flexibility index (Phi) is 1.56. The lowest BCUT2D eigenvalue weighted by molar-refractivity contribution is 0.526. The van der Waals surface area contributed by atoms with Gasteiger partial charge in [-0.15, -0.1) is 0 Å². The van der Waals surface area contributed by atoms with Gasteiger partial charge in [-0.2, -0.15) is 4.39 Å². The van der Waals surface area contributed by atoms with Crippen molar-refractivity contribution in [3.63, 3.8) is 0 Å². The fourth-order valence-corrected chi connectivity index (χ4v) is 0.881. The summed E-state index contributed by atoms with van der Waals surface area (Å²) in [5.41, 5.74) is 1.03. The molecule has 1 rings (SSSR count). The summed E-state index contributed by atoms with van der Waals surface area (Å²) < 4.78 is 14.0. The van der Waals surface area contributed by atoms with Gasteiger partial charge in [-0.3, -0.25) is 0 Å². The summed E-state index contributed by atoms with van der Waals surface area (Å²) in [6.45, 7) is 2.01. The Morgan fingerprint density at radius 3 is 2.44 bits per heavy atom. The molecule has 0 saturated heterocycles. The van der Waals surface area contributed by atoms with E-state index in [1.54, 1.807) is 17.7 Å². The van der Waals surface area contributed by atoms with Crippen LogP contribution in [0.1, 0.15) is 12.6 Å². The lowest BCUT2D eigenvalue weighted by atomic mass is 10.3. The highest BCUT2D eigenvalue weighted by molar-refractivity contribution is 5.07. The molecule has 0 aromatic carbocycles. The molecule has 1 aromatic rings. The second kappa shape index (κ2) is 2.21. The van der Waals surface area contributed by atoms with E-state index in [9.17, 15) is 4.39 Å². The molecule has 0 spiro atoms. The Bertz CT molecular complexity index is 203. The molecule has 0 N–H and O–H groups in total. The van der Waals surface area contributed by atoms with Crippen molar-refractivity contribution in [3.05, 3.63) is 23.8 Å². The van der Waals surface area contributed by atoms with E-state index in [1.165, 1.54) is 6.07 Å². The summed E-state index contributed by atoms with van der Waals surface area (Å²) in [5, 5.41) is 0. The zero-order valence-corrected chi connectivity index (χ0v) is 5.69. The van der Waals surface area contributed by atoms with E-state index in [4.69, 9.17) is 0 Å². The van der Waals surface area contributed by atoms with E-state index < -0.39 is 0 Å². The van der Waals surface area contributed by atoms with Crippen LogP contribution in [0.2, 0.25) is 0 Å². The Balaban J connectivity index is 3.04. The molecule has 0 atom stereocenters. The molecule has 1 nitrogen and oxygen atoms in total. The summed E-state index contributed by atoms with van der Waals surface area (Å²) in [5.74, 6) is -0.160. The van der Waals surface area contributed by atoms with Crippen molar-refractivity contribution in [1.29, 1.82) is 0 Å². The molecule has 1 aromatic heterocycles. The first-order valence-corrected chi connectivity index (χ1v) is 3.05. The second-order valence-electron chi connectivity index (χ2n) is 2.06. The van der Waals surface area contributed by atoms with Gasteiger partial charge in [0, 0.05) is 12.7 Å². The van der Waals surface area contributed by atoms with Crippen LogP contribution in [0.4, 0.5) is 4.39 Å². The molecule has 0 bridgehead atoms. The second-order valence-corrected chi connectivity index (χ2v) is 2.06. The fourth-order valence-electron chi connectivity index (χ4n) is 0.881. The molecule has 0 aliphatic heterocycles. The van der Waals surface area contributed by atoms with Gasteiger partial charge in [0.15, 0.2) is 5.95 Å². The van der Waals surface area contributed by atoms with Crippen molar-refractivity contribution >= 4 is 0 Å². The van der Waals surface area contributed by atoms with Crippen LogP contribution >= 0.6 is 0 Å². The molecular weight excluding hydrogens is 117 g/mol. The van der Waals surface area contributed by atoms with Crippen molar-refractivity contribution in [2.45, 2.75) is 13.3 Å². The van der Waals surface area contributed by atoms with E-state index >= 15 is 0 Å². The van der Waals surface area contributed by atoms with Gasteiger partial charge in [-0.1, -0.05) is 6.92 Å². The van der Waals surface area contributed by atoms with E-state index in [2.05, 4.69) is 0 Å². The number of aromatic nitrogens is 1. The average Bonchev–Trinajstić information content (AvgIpc) is 2.15. The monoisotopic (exact) mass is 127 g/mol. The maximum atomic E-state index is 12.5. The van der Waals surface area contributed by atoms with Crippen LogP contribution in [0.5, 0.6) is 0 Å². The largest absolute Gasteiger partial charge is 0.325 e. The quantitative estimate of drug-likeness (QED) is 0.541. The van der Waals surface area contributed by atoms with Crippen molar-refractivity contribution in [1.82, 2.24) is 4.57 Å². The molecule has 0 aliphatic rings. The standard InChI is InChI=1S/C7H10FN/c1-3-6-4-5-7(8)9(6)2/h4-5H,3H2,1-2H3. The van der Waals surface area contributed by atoms with Gasteiger partial charge in [0.05, 0.1) is 0 Å². The normalized spacial score (nSPS) is 10.1. The number of aryl methyl sites for hydroxylation is 1. The summed E-state index contributed by atoms with van der Waals surface area (Å²) >= 11 is 0. The summed E-state index contributed by atoms with van der Waals surface area (Å²) in [6.07, 6.45) is 0.889. The Labute approximate surface area is 54.1 Å². The smallest absolute Gasteiger partial charge is 0.193 e. The minimum atomic E-state index is -0.160. The molecule has 1 heterocycles. The zero-order valence-electron chi connectivity index (χ0n) is 5.69. The predicted molar refractivity (Wildman–Crippen MR) is 34.7 cm³/mol. The van der Waals surface area contributed by atoms with Crippen molar-refractivity contribution in [3.8, 4) is 0 Å². The molecule has 0 unspecified atom stereocenters. The minimum absolute atomic E-state index is 0.160. The fraction of sp³-hybridized carbons (Fsp3) is 0.429. The van der Waals surface area contributed by atoms with E-state index in [-0.39, 0.29) is 5.95 Å². The molecule has 9 heavy (non-hydrogen) atoms. The maximum absolute atomic E-state index is 12.5. The molecule has 0 aliphatic carbocycles. The van der Waals surface area contributed by atoms with Crippen LogP contribution in [0, 0.1) is 5.95 Å². The van der Waals surface area contributed by atoms with Gasteiger partial charge in [-0.25, -0.2) is 0 Å². The lowest BCUT2D eigenvalue weighted by Crippen LogP contribution is -1.96. The van der Waals surface area contributed by atoms with Crippen LogP contribution < -0.4 is 0 Å². The minimum Gasteiger partial charge on any atom is -0.325 e. The Morgan fingerprint density at radius 1 is 1.56 bits per heavy atom. The molecule has 0 amide bonds. The van der Waals surface area contributed by atoms with Crippen LogP contribution in [0.15, 0.2) is 12.1 Å². The summed E-state index contributed by atoms with van der Waals surface area (Å²) in [7, 11) is 1.73. The number of rotatable bonds is 1. The number of nitrogens with zero attached hydrogens (tertiary/aromatic N) is 1. The van der Waals surface area contributed by atoms with Gasteiger partial charge in [0.2, 0.25) is 0 Å². The number of hydrogen-bond donors (Lipinski definition) is 0. The summed E-state index contributed by atoms with van der Waals surface area (Å²) in [6, 6.07) is 3.29. The number of halogens is 1. The summed E-state index contributed by atoms with van der Waals surface area (Å²) in [4.78, 5) is 0. The Morgan fingerprint density at radius 2 is 2.22 bits per heavy atom. The molecule has 50 valence electrons. The number of hydrogen-bond acceptors (Lipinski definition) is 0. The lowest BCUT2D eigenvalue weighted by Gasteiger charge is -1.97. The highest BCUT2D eigenvalue weighted by Gasteiger charge is 1.98. The van der Waals surface area contributed by atoms with Gasteiger partial charge < -0.3 is 4.57 Å². The zero-order chi connectivity index (χ0) is 6.85. The van der Waals surface area contributed by atoms with Crippen molar-refractivity contribution in [2.24, 2.45) is 7.05 Å². The van der Waals surface area contributed by atoms with Crippen LogP contribution in [-0.2, 0) is 13.5 Å². The molecular formula is C7H10FN. The van der Waals surface area contributed by atoms with Gasteiger partial charge in [0.25, 0.3) is 0 Å². The topological polar surface area (TPSA) is 4.93 Å². The predicted octanol–water partition coefficient (Wildman–Crippen LogP) is 1.73. The maximum Gasteiger partial charge on any atom is 0.193 e. The van der Waals surface area contributed by atoms with Crippen LogP contribution in [0.25, 0.3) is 0 Å². The SMILES string of the molecule is CCc1ccc(F)n1C. The van der Waals surface area contributed by atoms with Gasteiger partial charge >= 0.3 is 0 Å². The van der Waals surface area contributed by atoms with Crippen LogP contribution in [-0.4, -0.2) is 4.57 Å². The molecule has 0 saturated carbocycles. The first kappa shape index (κ1) is 6.33. The third-order valence-corrected chi connectivity index (χ3v) is 1.53. The van der Waals surface area contributed by atoms with E-state index in [0.717, 1.165) is 12.1 Å². The van der Waals surface area contributed by atoms with Gasteiger partial charge in [-0.05, 0) is 18.6 Å². The van der Waals surface area contributed by atoms with Crippen molar-refractivity contribution in [2.75, 3.05) is 0 Å².